The minimum atomic E-state index is -3.70. The van der Waals surface area contributed by atoms with E-state index in [9.17, 15) is 18.0 Å². The van der Waals surface area contributed by atoms with Crippen LogP contribution in [0, 0.1) is 0 Å². The lowest BCUT2D eigenvalue weighted by Gasteiger charge is -2.31. The molecule has 0 saturated carbocycles. The SMILES string of the molecule is CN1CCN(S(=O)(=O)c2cccc(C(=O)Nc3ccc(Cl)cc3C(=O)N3CCCC3)c2)CC1. The molecule has 0 aromatic heterocycles. The van der Waals surface area contributed by atoms with Crippen LogP contribution >= 0.6 is 11.6 Å². The summed E-state index contributed by atoms with van der Waals surface area (Å²) in [5.41, 5.74) is 0.854. The van der Waals surface area contributed by atoms with Crippen molar-refractivity contribution in [2.45, 2.75) is 17.7 Å². The van der Waals surface area contributed by atoms with E-state index < -0.39 is 15.9 Å². The number of amides is 2. The summed E-state index contributed by atoms with van der Waals surface area (Å²) in [7, 11) is -1.75. The Balaban J connectivity index is 1.56. The lowest BCUT2D eigenvalue weighted by atomic mass is 10.1. The highest BCUT2D eigenvalue weighted by molar-refractivity contribution is 7.89. The Labute approximate surface area is 199 Å². The van der Waals surface area contributed by atoms with E-state index in [-0.39, 0.29) is 16.4 Å². The van der Waals surface area contributed by atoms with Gasteiger partial charge in [0.2, 0.25) is 10.0 Å². The maximum absolute atomic E-state index is 13.1. The Kier molecular flexibility index (Phi) is 7.04. The largest absolute Gasteiger partial charge is 0.339 e. The number of likely N-dealkylation sites (tertiary alicyclic amines) is 1. The molecule has 10 heteroatoms. The highest BCUT2D eigenvalue weighted by Gasteiger charge is 2.28. The maximum atomic E-state index is 13.1. The van der Waals surface area contributed by atoms with Gasteiger partial charge in [0.05, 0.1) is 16.1 Å². The normalized spacial score (nSPS) is 17.8. The molecule has 2 aromatic rings. The average molecular weight is 491 g/mol. The number of carbonyl (C=O) groups excluding carboxylic acids is 2. The van der Waals surface area contributed by atoms with Crippen LogP contribution in [0.2, 0.25) is 5.02 Å². The van der Waals surface area contributed by atoms with Crippen LogP contribution in [0.25, 0.3) is 0 Å². The van der Waals surface area contributed by atoms with E-state index >= 15 is 0 Å². The van der Waals surface area contributed by atoms with E-state index in [2.05, 4.69) is 10.2 Å². The second-order valence-electron chi connectivity index (χ2n) is 8.38. The summed E-state index contributed by atoms with van der Waals surface area (Å²) in [5.74, 6) is -0.681. The first-order valence-corrected chi connectivity index (χ1v) is 12.8. The molecular formula is C23H27ClN4O4S. The third-order valence-corrected chi connectivity index (χ3v) is 8.18. The Hall–Kier alpha value is -2.46. The average Bonchev–Trinajstić information content (AvgIpc) is 3.35. The number of rotatable bonds is 5. The zero-order valence-electron chi connectivity index (χ0n) is 18.5. The number of likely N-dealkylation sites (N-methyl/N-ethyl adjacent to an activating group) is 1. The standard InChI is InChI=1S/C23H27ClN4O4S/c1-26-11-13-28(14-12-26)33(31,32)19-6-4-5-17(15-19)22(29)25-21-8-7-18(24)16-20(21)23(30)27-9-2-3-10-27/h4-8,15-16H,2-3,9-14H2,1H3,(H,25,29). The van der Waals surface area contributed by atoms with E-state index in [0.717, 1.165) is 12.8 Å². The number of sulfonamides is 1. The molecule has 4 rings (SSSR count). The van der Waals surface area contributed by atoms with Gasteiger partial charge in [0.25, 0.3) is 11.8 Å². The number of benzene rings is 2. The van der Waals surface area contributed by atoms with Gasteiger partial charge in [-0.25, -0.2) is 8.42 Å². The molecule has 2 aliphatic heterocycles. The smallest absolute Gasteiger partial charge is 0.256 e. The highest BCUT2D eigenvalue weighted by atomic mass is 35.5. The van der Waals surface area contributed by atoms with Gasteiger partial charge in [-0.15, -0.1) is 0 Å². The van der Waals surface area contributed by atoms with Crippen LogP contribution in [0.4, 0.5) is 5.69 Å². The topological polar surface area (TPSA) is 90.0 Å². The van der Waals surface area contributed by atoms with E-state index in [0.29, 0.717) is 55.5 Å². The van der Waals surface area contributed by atoms with Crippen LogP contribution in [-0.2, 0) is 10.0 Å². The van der Waals surface area contributed by atoms with Crippen molar-refractivity contribution >= 4 is 39.1 Å². The third-order valence-electron chi connectivity index (χ3n) is 6.05. The minimum absolute atomic E-state index is 0.0733. The number of carbonyl (C=O) groups is 2. The van der Waals surface area contributed by atoms with Gasteiger partial charge < -0.3 is 15.1 Å². The lowest BCUT2D eigenvalue weighted by molar-refractivity contribution is 0.0794. The maximum Gasteiger partial charge on any atom is 0.256 e. The summed E-state index contributed by atoms with van der Waals surface area (Å²) in [6.07, 6.45) is 1.89. The van der Waals surface area contributed by atoms with Gasteiger partial charge in [0.15, 0.2) is 0 Å². The number of nitrogens with one attached hydrogen (secondary N) is 1. The summed E-state index contributed by atoms with van der Waals surface area (Å²) >= 11 is 6.12. The molecule has 176 valence electrons. The molecule has 0 atom stereocenters. The predicted molar refractivity (Wildman–Crippen MR) is 127 cm³/mol. The van der Waals surface area contributed by atoms with Gasteiger partial charge in [-0.2, -0.15) is 4.31 Å². The van der Waals surface area contributed by atoms with Crippen LogP contribution in [0.15, 0.2) is 47.4 Å². The fraction of sp³-hybridized carbons (Fsp3) is 0.391. The van der Waals surface area contributed by atoms with Crippen molar-refractivity contribution in [3.8, 4) is 0 Å². The number of halogens is 1. The number of nitrogens with zero attached hydrogens (tertiary/aromatic N) is 3. The van der Waals surface area contributed by atoms with E-state index in [1.54, 1.807) is 35.2 Å². The predicted octanol–water partition coefficient (Wildman–Crippen LogP) is 2.76. The van der Waals surface area contributed by atoms with Gasteiger partial charge in [0.1, 0.15) is 0 Å². The molecule has 0 bridgehead atoms. The number of anilines is 1. The van der Waals surface area contributed by atoms with E-state index in [1.165, 1.54) is 16.4 Å². The molecule has 0 aliphatic carbocycles. The van der Waals surface area contributed by atoms with Gasteiger partial charge in [0, 0.05) is 49.9 Å². The Bertz CT molecular complexity index is 1160. The summed E-state index contributed by atoms with van der Waals surface area (Å²) in [6, 6.07) is 10.7. The first kappa shape index (κ1) is 23.7. The molecule has 2 amide bonds. The Morgan fingerprint density at radius 2 is 1.64 bits per heavy atom. The van der Waals surface area contributed by atoms with Crippen molar-refractivity contribution < 1.29 is 18.0 Å². The van der Waals surface area contributed by atoms with Crippen LogP contribution in [0.3, 0.4) is 0 Å². The third kappa shape index (κ3) is 5.22. The van der Waals surface area contributed by atoms with E-state index in [4.69, 9.17) is 11.6 Å². The second-order valence-corrected chi connectivity index (χ2v) is 10.8. The fourth-order valence-electron chi connectivity index (χ4n) is 4.06. The zero-order chi connectivity index (χ0) is 23.6. The summed E-state index contributed by atoms with van der Waals surface area (Å²) in [4.78, 5) is 29.8. The van der Waals surface area contributed by atoms with Gasteiger partial charge in [-0.05, 0) is 56.3 Å². The molecule has 8 nitrogen and oxygen atoms in total. The van der Waals surface area contributed by atoms with Crippen LogP contribution in [-0.4, -0.2) is 80.7 Å². The summed E-state index contributed by atoms with van der Waals surface area (Å²) in [6.45, 7) is 3.47. The fourth-order valence-corrected chi connectivity index (χ4v) is 5.70. The van der Waals surface area contributed by atoms with Crippen molar-refractivity contribution in [2.24, 2.45) is 0 Å². The van der Waals surface area contributed by atoms with Gasteiger partial charge in [-0.1, -0.05) is 17.7 Å². The first-order chi connectivity index (χ1) is 15.8. The molecule has 0 spiro atoms. The van der Waals surface area contributed by atoms with Crippen molar-refractivity contribution in [1.29, 1.82) is 0 Å². The van der Waals surface area contributed by atoms with Gasteiger partial charge in [-0.3, -0.25) is 9.59 Å². The Morgan fingerprint density at radius 3 is 2.33 bits per heavy atom. The zero-order valence-corrected chi connectivity index (χ0v) is 20.0. The first-order valence-electron chi connectivity index (χ1n) is 10.9. The molecule has 2 aliphatic rings. The van der Waals surface area contributed by atoms with Crippen LogP contribution in [0.5, 0.6) is 0 Å². The molecule has 2 saturated heterocycles. The number of hydrogen-bond acceptors (Lipinski definition) is 5. The molecule has 33 heavy (non-hydrogen) atoms. The quantitative estimate of drug-likeness (QED) is 0.696. The molecule has 1 N–H and O–H groups in total. The molecule has 2 fully saturated rings. The minimum Gasteiger partial charge on any atom is -0.339 e. The molecule has 0 radical (unpaired) electrons. The number of piperazine rings is 1. The Morgan fingerprint density at radius 1 is 0.939 bits per heavy atom. The molecular weight excluding hydrogens is 464 g/mol. The van der Waals surface area contributed by atoms with Crippen LogP contribution < -0.4 is 5.32 Å². The monoisotopic (exact) mass is 490 g/mol. The van der Waals surface area contributed by atoms with Crippen molar-refractivity contribution in [2.75, 3.05) is 51.6 Å². The molecule has 2 aromatic carbocycles. The van der Waals surface area contributed by atoms with Crippen molar-refractivity contribution in [1.82, 2.24) is 14.1 Å². The van der Waals surface area contributed by atoms with Crippen LogP contribution in [0.1, 0.15) is 33.6 Å². The van der Waals surface area contributed by atoms with Crippen molar-refractivity contribution in [3.05, 3.63) is 58.6 Å². The summed E-state index contributed by atoms with van der Waals surface area (Å²) < 4.78 is 27.6. The van der Waals surface area contributed by atoms with Crippen molar-refractivity contribution in [3.63, 3.8) is 0 Å². The van der Waals surface area contributed by atoms with E-state index in [1.807, 2.05) is 7.05 Å². The number of hydrogen-bond donors (Lipinski definition) is 1. The highest BCUT2D eigenvalue weighted by Crippen LogP contribution is 2.25. The second kappa shape index (κ2) is 9.80. The molecule has 2 heterocycles. The van der Waals surface area contributed by atoms with Gasteiger partial charge >= 0.3 is 0 Å². The summed E-state index contributed by atoms with van der Waals surface area (Å²) in [5, 5.41) is 3.16. The molecule has 0 unspecified atom stereocenters. The lowest BCUT2D eigenvalue weighted by Crippen LogP contribution is -2.47.